The molecule has 0 radical (unpaired) electrons. The first kappa shape index (κ1) is 31.0. The molecule has 7 nitrogen and oxygen atoms in total. The summed E-state index contributed by atoms with van der Waals surface area (Å²) in [5.41, 5.74) is -2.02. The number of aliphatic hydroxyl groups is 1. The first-order chi connectivity index (χ1) is 20.4. The van der Waals surface area contributed by atoms with E-state index in [1.54, 1.807) is 37.3 Å². The van der Waals surface area contributed by atoms with Crippen molar-refractivity contribution in [3.63, 3.8) is 0 Å². The molecule has 3 N–H and O–H groups in total. The number of nitrogens with one attached hydrogen (secondary N) is 2. The molecular weight excluding hydrogens is 566 g/mol. The van der Waals surface area contributed by atoms with Gasteiger partial charge in [0, 0.05) is 24.9 Å². The van der Waals surface area contributed by atoms with Gasteiger partial charge in [0.2, 0.25) is 11.8 Å². The standard InChI is InChI=1S/C32H37F4N3O4/c1-18(30(42)37-24-15-20-9-10-21(24)13-20)12-27(40)25(14-19-6-3-2-4-7-19)38-31(43)23-16-22(32(34,35)36)17-26(29(23)33)39-11-5-8-28(39)41/h2-4,6-7,16-18,20-21,24-25,27,40H,5,8-15H2,1H3,(H,37,42)(H,38,43)/t18-,20?,21?,24?,25+,27+/m1/s1. The van der Waals surface area contributed by atoms with E-state index in [4.69, 9.17) is 0 Å². The quantitative estimate of drug-likeness (QED) is 0.333. The smallest absolute Gasteiger partial charge is 0.391 e. The molecule has 2 aromatic carbocycles. The van der Waals surface area contributed by atoms with Crippen LogP contribution in [0.3, 0.4) is 0 Å². The number of amides is 3. The van der Waals surface area contributed by atoms with Gasteiger partial charge in [-0.2, -0.15) is 13.2 Å². The third kappa shape index (κ3) is 7.03. The number of nitrogens with zero attached hydrogens (tertiary/aromatic N) is 1. The van der Waals surface area contributed by atoms with Crippen molar-refractivity contribution in [2.75, 3.05) is 11.4 Å². The highest BCUT2D eigenvalue weighted by Gasteiger charge is 2.41. The summed E-state index contributed by atoms with van der Waals surface area (Å²) < 4.78 is 57.0. The average molecular weight is 604 g/mol. The van der Waals surface area contributed by atoms with Gasteiger partial charge in [-0.15, -0.1) is 0 Å². The Kier molecular flexibility index (Phi) is 9.10. The fourth-order valence-electron chi connectivity index (χ4n) is 6.81. The molecule has 1 saturated heterocycles. The summed E-state index contributed by atoms with van der Waals surface area (Å²) in [5, 5.41) is 16.9. The summed E-state index contributed by atoms with van der Waals surface area (Å²) in [4.78, 5) is 39.6. The molecule has 2 aliphatic carbocycles. The molecule has 2 saturated carbocycles. The molecule has 2 aromatic rings. The van der Waals surface area contributed by atoms with Crippen LogP contribution in [0, 0.1) is 23.6 Å². The van der Waals surface area contributed by atoms with Crippen molar-refractivity contribution in [3.05, 3.63) is 65.0 Å². The Labute approximate surface area is 248 Å². The maximum Gasteiger partial charge on any atom is 0.416 e. The van der Waals surface area contributed by atoms with E-state index in [9.17, 15) is 32.7 Å². The van der Waals surface area contributed by atoms with E-state index < -0.39 is 58.7 Å². The third-order valence-electron chi connectivity index (χ3n) is 9.18. The molecule has 3 amide bonds. The maximum atomic E-state index is 15.6. The van der Waals surface area contributed by atoms with Gasteiger partial charge in [0.1, 0.15) is 0 Å². The van der Waals surface area contributed by atoms with Gasteiger partial charge in [-0.1, -0.05) is 43.7 Å². The molecule has 5 rings (SSSR count). The number of hydrogen-bond acceptors (Lipinski definition) is 4. The molecule has 1 aliphatic heterocycles. The van der Waals surface area contributed by atoms with Crippen molar-refractivity contribution in [1.82, 2.24) is 10.6 Å². The van der Waals surface area contributed by atoms with Gasteiger partial charge >= 0.3 is 6.18 Å². The summed E-state index contributed by atoms with van der Waals surface area (Å²) in [5.74, 6) is -2.63. The van der Waals surface area contributed by atoms with E-state index in [-0.39, 0.29) is 37.8 Å². The monoisotopic (exact) mass is 603 g/mol. The lowest BCUT2D eigenvalue weighted by atomic mass is 9.91. The number of carbonyl (C=O) groups excluding carboxylic acids is 3. The minimum Gasteiger partial charge on any atom is -0.391 e. The van der Waals surface area contributed by atoms with Crippen molar-refractivity contribution in [3.8, 4) is 0 Å². The number of rotatable bonds is 10. The Balaban J connectivity index is 1.36. The zero-order valence-electron chi connectivity index (χ0n) is 24.0. The van der Waals surface area contributed by atoms with Crippen LogP contribution in [0.5, 0.6) is 0 Å². The third-order valence-corrected chi connectivity index (χ3v) is 9.18. The van der Waals surface area contributed by atoms with E-state index in [0.29, 0.717) is 30.4 Å². The van der Waals surface area contributed by atoms with Crippen LogP contribution in [0.15, 0.2) is 42.5 Å². The highest BCUT2D eigenvalue weighted by molar-refractivity contribution is 6.00. The van der Waals surface area contributed by atoms with Crippen LogP contribution in [0.1, 0.15) is 73.4 Å². The van der Waals surface area contributed by atoms with Crippen molar-refractivity contribution in [2.24, 2.45) is 17.8 Å². The second kappa shape index (κ2) is 12.6. The first-order valence-corrected chi connectivity index (χ1v) is 14.9. The van der Waals surface area contributed by atoms with Crippen molar-refractivity contribution in [1.29, 1.82) is 0 Å². The lowest BCUT2D eigenvalue weighted by Crippen LogP contribution is -2.47. The maximum absolute atomic E-state index is 15.6. The minimum absolute atomic E-state index is 0.0248. The van der Waals surface area contributed by atoms with Gasteiger partial charge in [-0.25, -0.2) is 4.39 Å². The Morgan fingerprint density at radius 1 is 1.12 bits per heavy atom. The van der Waals surface area contributed by atoms with Crippen LogP contribution in [-0.4, -0.2) is 47.6 Å². The van der Waals surface area contributed by atoms with Gasteiger partial charge in [0.05, 0.1) is 29.0 Å². The minimum atomic E-state index is -4.90. The number of carbonyl (C=O) groups is 3. The normalized spacial score (nSPS) is 23.7. The fraction of sp³-hybridized carbons (Fsp3) is 0.531. The number of alkyl halides is 3. The van der Waals surface area contributed by atoms with E-state index in [1.807, 2.05) is 0 Å². The molecule has 11 heteroatoms. The summed E-state index contributed by atoms with van der Waals surface area (Å²) >= 11 is 0. The zero-order chi connectivity index (χ0) is 30.9. The summed E-state index contributed by atoms with van der Waals surface area (Å²) in [6, 6.07) is 8.88. The van der Waals surface area contributed by atoms with Crippen LogP contribution in [0.4, 0.5) is 23.2 Å². The number of fused-ring (bicyclic) bond motifs is 2. The second-order valence-corrected chi connectivity index (χ2v) is 12.3. The highest BCUT2D eigenvalue weighted by Crippen LogP contribution is 2.44. The van der Waals surface area contributed by atoms with Gasteiger partial charge in [0.15, 0.2) is 5.82 Å². The zero-order valence-corrected chi connectivity index (χ0v) is 24.0. The van der Waals surface area contributed by atoms with E-state index in [0.717, 1.165) is 29.7 Å². The van der Waals surface area contributed by atoms with Gasteiger partial charge in [0.25, 0.3) is 5.91 Å². The van der Waals surface area contributed by atoms with Crippen LogP contribution in [0.25, 0.3) is 0 Å². The molecule has 232 valence electrons. The Bertz CT molecular complexity index is 1350. The van der Waals surface area contributed by atoms with Gasteiger partial charge < -0.3 is 20.6 Å². The summed E-state index contributed by atoms with van der Waals surface area (Å²) in [7, 11) is 0. The molecular formula is C32H37F4N3O4. The van der Waals surface area contributed by atoms with Crippen molar-refractivity contribution >= 4 is 23.4 Å². The Hall–Kier alpha value is -3.47. The predicted octanol–water partition coefficient (Wildman–Crippen LogP) is 5.00. The van der Waals surface area contributed by atoms with Crippen LogP contribution in [0.2, 0.25) is 0 Å². The van der Waals surface area contributed by atoms with Crippen LogP contribution in [-0.2, 0) is 22.2 Å². The molecule has 43 heavy (non-hydrogen) atoms. The molecule has 3 aliphatic rings. The molecule has 1 heterocycles. The summed E-state index contributed by atoms with van der Waals surface area (Å²) in [6.07, 6.45) is -1.32. The number of halogens is 4. The molecule has 0 spiro atoms. The van der Waals surface area contributed by atoms with Crippen molar-refractivity contribution in [2.45, 2.75) is 82.7 Å². The first-order valence-electron chi connectivity index (χ1n) is 14.9. The largest absolute Gasteiger partial charge is 0.416 e. The van der Waals surface area contributed by atoms with Gasteiger partial charge in [-0.05, 0) is 68.1 Å². The second-order valence-electron chi connectivity index (χ2n) is 12.3. The van der Waals surface area contributed by atoms with Crippen LogP contribution >= 0.6 is 0 Å². The van der Waals surface area contributed by atoms with Gasteiger partial charge in [-0.3, -0.25) is 14.4 Å². The molecule has 2 bridgehead atoms. The van der Waals surface area contributed by atoms with E-state index in [2.05, 4.69) is 10.6 Å². The number of aliphatic hydroxyl groups excluding tert-OH is 1. The topological polar surface area (TPSA) is 98.7 Å². The number of benzene rings is 2. The Morgan fingerprint density at radius 3 is 2.47 bits per heavy atom. The average Bonchev–Trinajstić information content (AvgIpc) is 3.70. The molecule has 6 atom stereocenters. The van der Waals surface area contributed by atoms with Crippen LogP contribution < -0.4 is 15.5 Å². The number of hydrogen-bond donors (Lipinski definition) is 3. The lowest BCUT2D eigenvalue weighted by Gasteiger charge is -2.28. The molecule has 3 unspecified atom stereocenters. The summed E-state index contributed by atoms with van der Waals surface area (Å²) in [6.45, 7) is 1.72. The lowest BCUT2D eigenvalue weighted by molar-refractivity contribution is -0.137. The number of anilines is 1. The Morgan fingerprint density at radius 2 is 1.86 bits per heavy atom. The molecule has 0 aromatic heterocycles. The SMILES string of the molecule is C[C@H](C[C@H](O)[C@H](Cc1ccccc1)NC(=O)c1cc(C(F)(F)F)cc(N2CCCC2=O)c1F)C(=O)NC1CC2CCC1C2. The molecule has 3 fully saturated rings. The highest BCUT2D eigenvalue weighted by atomic mass is 19.4. The van der Waals surface area contributed by atoms with E-state index in [1.165, 1.54) is 6.42 Å². The predicted molar refractivity (Wildman–Crippen MR) is 152 cm³/mol. The fourth-order valence-corrected chi connectivity index (χ4v) is 6.81. The van der Waals surface area contributed by atoms with E-state index >= 15 is 4.39 Å². The van der Waals surface area contributed by atoms with Crippen molar-refractivity contribution < 1.29 is 37.1 Å².